The van der Waals surface area contributed by atoms with Crippen LogP contribution in [0.5, 0.6) is 0 Å². The fourth-order valence-electron chi connectivity index (χ4n) is 8.05. The molecule has 4 fully saturated rings. The van der Waals surface area contributed by atoms with Crippen molar-refractivity contribution in [1.29, 1.82) is 0 Å². The number of amides is 3. The summed E-state index contributed by atoms with van der Waals surface area (Å²) < 4.78 is 24.0. The zero-order valence-corrected chi connectivity index (χ0v) is 27.7. The Morgan fingerprint density at radius 3 is 2.13 bits per heavy atom. The van der Waals surface area contributed by atoms with E-state index in [0.717, 1.165) is 71.5 Å². The number of fused-ring (bicyclic) bond motifs is 1. The number of benzene rings is 1. The van der Waals surface area contributed by atoms with E-state index in [0.29, 0.717) is 34.5 Å². The first-order valence-electron chi connectivity index (χ1n) is 17.1. The van der Waals surface area contributed by atoms with Gasteiger partial charge in [-0.1, -0.05) is 0 Å². The van der Waals surface area contributed by atoms with E-state index in [1.165, 1.54) is 28.0 Å². The molecule has 11 nitrogen and oxygen atoms in total. The fraction of sp³-hybridized carbons (Fsp3) is 0.706. The highest BCUT2D eigenvalue weighted by Gasteiger charge is 2.34. The van der Waals surface area contributed by atoms with E-state index < -0.39 is 29.1 Å². The van der Waals surface area contributed by atoms with Crippen molar-refractivity contribution in [3.8, 4) is 0 Å². The van der Waals surface area contributed by atoms with Crippen molar-refractivity contribution >= 4 is 34.6 Å². The van der Waals surface area contributed by atoms with Crippen molar-refractivity contribution in [2.24, 2.45) is 24.8 Å². The van der Waals surface area contributed by atoms with Crippen molar-refractivity contribution in [2.45, 2.75) is 83.8 Å². The minimum atomic E-state index is -0.835. The summed E-state index contributed by atoms with van der Waals surface area (Å²) >= 11 is 0. The molecule has 46 heavy (non-hydrogen) atoms. The van der Waals surface area contributed by atoms with Gasteiger partial charge >= 0.3 is 11.8 Å². The highest BCUT2D eigenvalue weighted by Crippen LogP contribution is 2.36. The lowest BCUT2D eigenvalue weighted by Crippen LogP contribution is -2.45. The van der Waals surface area contributed by atoms with Crippen LogP contribution >= 0.6 is 0 Å². The Bertz CT molecular complexity index is 1520. The maximum absolute atomic E-state index is 15.6. The molecule has 6 rings (SSSR count). The number of halogens is 1. The van der Waals surface area contributed by atoms with Gasteiger partial charge in [-0.25, -0.2) is 14.0 Å². The maximum atomic E-state index is 15.6. The quantitative estimate of drug-likeness (QED) is 0.492. The molecule has 1 atom stereocenters. The van der Waals surface area contributed by atoms with Crippen LogP contribution in [-0.4, -0.2) is 88.3 Å². The Morgan fingerprint density at radius 1 is 0.891 bits per heavy atom. The summed E-state index contributed by atoms with van der Waals surface area (Å²) in [6.45, 7) is 12.1. The second kappa shape index (κ2) is 13.0. The summed E-state index contributed by atoms with van der Waals surface area (Å²) in [6.07, 6.45) is 6.62. The zero-order valence-electron chi connectivity index (χ0n) is 27.7. The van der Waals surface area contributed by atoms with Gasteiger partial charge < -0.3 is 19.4 Å². The van der Waals surface area contributed by atoms with Gasteiger partial charge in [-0.3, -0.25) is 24.0 Å². The summed E-state index contributed by atoms with van der Waals surface area (Å²) in [5.41, 5.74) is 0.593. The highest BCUT2D eigenvalue weighted by molar-refractivity contribution is 6.00. The molecule has 0 radical (unpaired) electrons. The van der Waals surface area contributed by atoms with Gasteiger partial charge in [0.25, 0.3) is 0 Å². The normalized spacial score (nSPS) is 23.3. The van der Waals surface area contributed by atoms with E-state index in [4.69, 9.17) is 4.74 Å². The molecule has 0 saturated carbocycles. The number of anilines is 1. The summed E-state index contributed by atoms with van der Waals surface area (Å²) in [6, 6.07) is 2.28. The fourth-order valence-corrected chi connectivity index (χ4v) is 8.05. The first kappa shape index (κ1) is 32.5. The predicted octanol–water partition coefficient (Wildman–Crippen LogP) is 4.03. The standard InChI is InChI=1S/C34H49FN6O5/c1-34(2,3)46-33(45)40-15-7-22(8-16-40)21-38-13-9-23(10-14-38)24-11-17-39(18-12-24)27-20-28-29(19-25(27)35)41(32(44)37(28)4)26-5-6-30(42)36-31(26)43/h19-20,22-24,26H,5-18,21H2,1-4H3,(H,36,42,43). The Labute approximate surface area is 270 Å². The number of aromatic nitrogens is 2. The van der Waals surface area contributed by atoms with Crippen LogP contribution < -0.4 is 15.9 Å². The third-order valence-electron chi connectivity index (χ3n) is 10.6. The molecule has 12 heteroatoms. The Kier molecular flexibility index (Phi) is 9.20. The number of rotatable bonds is 5. The first-order chi connectivity index (χ1) is 21.9. The molecule has 4 aliphatic rings. The molecule has 0 aliphatic carbocycles. The van der Waals surface area contributed by atoms with E-state index in [2.05, 4.69) is 15.1 Å². The highest BCUT2D eigenvalue weighted by atomic mass is 19.1. The van der Waals surface area contributed by atoms with Crippen LogP contribution in [-0.2, 0) is 21.4 Å². The van der Waals surface area contributed by atoms with Crippen LogP contribution in [0.2, 0.25) is 0 Å². The minimum Gasteiger partial charge on any atom is -0.444 e. The van der Waals surface area contributed by atoms with Gasteiger partial charge in [-0.15, -0.1) is 0 Å². The van der Waals surface area contributed by atoms with Gasteiger partial charge in [-0.2, -0.15) is 0 Å². The zero-order chi connectivity index (χ0) is 32.7. The number of likely N-dealkylation sites (tertiary alicyclic amines) is 2. The molecule has 1 aromatic heterocycles. The smallest absolute Gasteiger partial charge is 0.410 e. The average Bonchev–Trinajstić information content (AvgIpc) is 3.25. The molecule has 0 bridgehead atoms. The van der Waals surface area contributed by atoms with E-state index in [1.54, 1.807) is 13.1 Å². The summed E-state index contributed by atoms with van der Waals surface area (Å²) in [5, 5.41) is 2.30. The number of piperidine rings is 4. The lowest BCUT2D eigenvalue weighted by Gasteiger charge is -2.42. The Morgan fingerprint density at radius 2 is 1.52 bits per heavy atom. The van der Waals surface area contributed by atoms with Gasteiger partial charge in [-0.05, 0) is 103 Å². The molecular weight excluding hydrogens is 591 g/mol. The van der Waals surface area contributed by atoms with Crippen LogP contribution in [0.4, 0.5) is 14.9 Å². The number of carbonyl (C=O) groups excluding carboxylic acids is 3. The van der Waals surface area contributed by atoms with E-state index in [1.807, 2.05) is 25.7 Å². The van der Waals surface area contributed by atoms with Crippen LogP contribution in [0.1, 0.15) is 78.2 Å². The van der Waals surface area contributed by atoms with Crippen molar-refractivity contribution in [2.75, 3.05) is 50.7 Å². The summed E-state index contributed by atoms with van der Waals surface area (Å²) in [5.74, 6) is 0.645. The summed E-state index contributed by atoms with van der Waals surface area (Å²) in [4.78, 5) is 56.3. The number of imidazole rings is 1. The molecule has 1 N–H and O–H groups in total. The molecule has 4 saturated heterocycles. The SMILES string of the molecule is Cn1c(=O)n(C2CCC(=O)NC2=O)c2cc(F)c(N3CCC(C4CCN(CC5CCN(C(=O)OC(C)(C)C)CC5)CC4)CC3)cc21. The molecule has 1 aromatic carbocycles. The third kappa shape index (κ3) is 6.82. The molecule has 252 valence electrons. The number of nitrogens with zero attached hydrogens (tertiary/aromatic N) is 5. The average molecular weight is 641 g/mol. The van der Waals surface area contributed by atoms with Crippen molar-refractivity contribution < 1.29 is 23.5 Å². The number of aryl methyl sites for hydroxylation is 1. The van der Waals surface area contributed by atoms with Crippen molar-refractivity contribution in [3.05, 3.63) is 28.4 Å². The second-order valence-electron chi connectivity index (χ2n) is 14.8. The maximum Gasteiger partial charge on any atom is 0.410 e. The molecule has 4 aliphatic heterocycles. The molecule has 5 heterocycles. The number of hydrogen-bond donors (Lipinski definition) is 1. The lowest BCUT2D eigenvalue weighted by atomic mass is 9.78. The lowest BCUT2D eigenvalue weighted by molar-refractivity contribution is -0.135. The predicted molar refractivity (Wildman–Crippen MR) is 173 cm³/mol. The monoisotopic (exact) mass is 640 g/mol. The van der Waals surface area contributed by atoms with Crippen LogP contribution in [0, 0.1) is 23.6 Å². The van der Waals surface area contributed by atoms with Crippen molar-refractivity contribution in [3.63, 3.8) is 0 Å². The van der Waals surface area contributed by atoms with Gasteiger partial charge in [0, 0.05) is 52.3 Å². The molecule has 0 spiro atoms. The largest absolute Gasteiger partial charge is 0.444 e. The minimum absolute atomic E-state index is 0.143. The number of imide groups is 1. The van der Waals surface area contributed by atoms with Crippen molar-refractivity contribution in [1.82, 2.24) is 24.3 Å². The molecule has 3 amide bonds. The summed E-state index contributed by atoms with van der Waals surface area (Å²) in [7, 11) is 1.64. The topological polar surface area (TPSA) is 109 Å². The number of hydrogen-bond acceptors (Lipinski definition) is 7. The number of ether oxygens (including phenoxy) is 1. The Balaban J connectivity index is 1.000. The van der Waals surface area contributed by atoms with Crippen LogP contribution in [0.25, 0.3) is 11.0 Å². The molecular formula is C34H49FN6O5. The molecule has 1 unspecified atom stereocenters. The van der Waals surface area contributed by atoms with E-state index in [-0.39, 0.29) is 24.8 Å². The van der Waals surface area contributed by atoms with E-state index in [9.17, 15) is 19.2 Å². The van der Waals surface area contributed by atoms with Gasteiger partial charge in [0.2, 0.25) is 11.8 Å². The Hall–Kier alpha value is -3.41. The van der Waals surface area contributed by atoms with Crippen LogP contribution in [0.3, 0.4) is 0 Å². The first-order valence-corrected chi connectivity index (χ1v) is 17.1. The van der Waals surface area contributed by atoms with Gasteiger partial charge in [0.15, 0.2) is 0 Å². The van der Waals surface area contributed by atoms with E-state index >= 15 is 4.39 Å². The second-order valence-corrected chi connectivity index (χ2v) is 14.8. The third-order valence-corrected chi connectivity index (χ3v) is 10.6. The number of carbonyl (C=O) groups is 3. The molecule has 2 aromatic rings. The van der Waals surface area contributed by atoms with Crippen LogP contribution in [0.15, 0.2) is 16.9 Å². The number of nitrogens with one attached hydrogen (secondary N) is 1. The van der Waals surface area contributed by atoms with Gasteiger partial charge in [0.1, 0.15) is 17.5 Å². The van der Waals surface area contributed by atoms with Gasteiger partial charge in [0.05, 0.1) is 16.7 Å².